The molecule has 1 rings (SSSR count). The Balaban J connectivity index is 0.00000324. The van der Waals surface area contributed by atoms with Gasteiger partial charge in [-0.05, 0) is 18.4 Å². The number of nitrogens with one attached hydrogen (secondary N) is 2. The minimum atomic E-state index is 0. The van der Waals surface area contributed by atoms with Gasteiger partial charge in [-0.15, -0.1) is 35.3 Å². The summed E-state index contributed by atoms with van der Waals surface area (Å²) < 4.78 is 5.01. The number of aliphatic imine (C=N–C) groups is 1. The highest BCUT2D eigenvalue weighted by molar-refractivity contribution is 14.0. The van der Waals surface area contributed by atoms with Gasteiger partial charge in [0.15, 0.2) is 5.96 Å². The van der Waals surface area contributed by atoms with Gasteiger partial charge in [-0.2, -0.15) is 0 Å². The maximum atomic E-state index is 5.01. The molecule has 0 aromatic carbocycles. The van der Waals surface area contributed by atoms with Gasteiger partial charge in [0.1, 0.15) is 0 Å². The van der Waals surface area contributed by atoms with Crippen LogP contribution < -0.4 is 10.6 Å². The Morgan fingerprint density at radius 3 is 2.84 bits per heavy atom. The number of guanidine groups is 1. The molecule has 6 heteroatoms. The van der Waals surface area contributed by atoms with Crippen LogP contribution in [0.4, 0.5) is 0 Å². The number of hydrogen-bond acceptors (Lipinski definition) is 3. The van der Waals surface area contributed by atoms with Gasteiger partial charge in [0.05, 0.1) is 13.2 Å². The Morgan fingerprint density at radius 1 is 1.47 bits per heavy atom. The molecule has 0 aliphatic heterocycles. The molecule has 1 aromatic heterocycles. The number of rotatable bonds is 7. The van der Waals surface area contributed by atoms with Crippen LogP contribution in [0.2, 0.25) is 0 Å². The molecule has 0 bridgehead atoms. The third kappa shape index (κ3) is 7.74. The second-order valence-electron chi connectivity index (χ2n) is 4.06. The van der Waals surface area contributed by atoms with Gasteiger partial charge in [-0.1, -0.05) is 13.0 Å². The summed E-state index contributed by atoms with van der Waals surface area (Å²) in [6.07, 6.45) is 0. The van der Waals surface area contributed by atoms with Gasteiger partial charge >= 0.3 is 0 Å². The normalized spacial score (nSPS) is 12.7. The molecule has 0 aliphatic carbocycles. The van der Waals surface area contributed by atoms with Crippen LogP contribution in [-0.4, -0.2) is 39.3 Å². The highest BCUT2D eigenvalue weighted by atomic mass is 127. The van der Waals surface area contributed by atoms with Gasteiger partial charge in [0.25, 0.3) is 0 Å². The summed E-state index contributed by atoms with van der Waals surface area (Å²) in [7, 11) is 1.70. The fraction of sp³-hybridized carbons (Fsp3) is 0.615. The molecule has 19 heavy (non-hydrogen) atoms. The van der Waals surface area contributed by atoms with Crippen molar-refractivity contribution >= 4 is 41.3 Å². The zero-order valence-electron chi connectivity index (χ0n) is 11.8. The standard InChI is InChI=1S/C13H23N3OS.HI/c1-4-14-13(15-7-8-17-3)16-10-11(2)12-6-5-9-18-12;/h5-6,9,11H,4,7-8,10H2,1-3H3,(H2,14,15,16);1H. The van der Waals surface area contributed by atoms with Crippen molar-refractivity contribution in [3.05, 3.63) is 22.4 Å². The minimum Gasteiger partial charge on any atom is -0.383 e. The molecule has 0 fully saturated rings. The van der Waals surface area contributed by atoms with E-state index in [0.717, 1.165) is 25.6 Å². The molecule has 4 nitrogen and oxygen atoms in total. The first kappa shape index (κ1) is 18.7. The van der Waals surface area contributed by atoms with Crippen molar-refractivity contribution in [1.82, 2.24) is 10.6 Å². The van der Waals surface area contributed by atoms with Crippen LogP contribution in [0.1, 0.15) is 24.6 Å². The Morgan fingerprint density at radius 2 is 2.26 bits per heavy atom. The zero-order valence-corrected chi connectivity index (χ0v) is 15.0. The number of ether oxygens (including phenoxy) is 1. The average Bonchev–Trinajstić information content (AvgIpc) is 2.89. The summed E-state index contributed by atoms with van der Waals surface area (Å²) in [5, 5.41) is 8.58. The van der Waals surface area contributed by atoms with Crippen LogP contribution in [0.15, 0.2) is 22.5 Å². The lowest BCUT2D eigenvalue weighted by Crippen LogP contribution is -2.39. The van der Waals surface area contributed by atoms with Gasteiger partial charge in [-0.3, -0.25) is 4.99 Å². The van der Waals surface area contributed by atoms with Crippen LogP contribution in [0.5, 0.6) is 0 Å². The maximum absolute atomic E-state index is 5.01. The van der Waals surface area contributed by atoms with E-state index in [1.54, 1.807) is 18.4 Å². The Bertz CT molecular complexity index is 344. The molecule has 0 aliphatic rings. The van der Waals surface area contributed by atoms with Crippen molar-refractivity contribution in [2.45, 2.75) is 19.8 Å². The zero-order chi connectivity index (χ0) is 13.2. The summed E-state index contributed by atoms with van der Waals surface area (Å²) in [5.41, 5.74) is 0. The number of halogens is 1. The average molecular weight is 397 g/mol. The predicted octanol–water partition coefficient (Wildman–Crippen LogP) is 2.67. The van der Waals surface area contributed by atoms with Crippen LogP contribution in [-0.2, 0) is 4.74 Å². The van der Waals surface area contributed by atoms with E-state index in [1.165, 1.54) is 4.88 Å². The molecule has 0 saturated heterocycles. The van der Waals surface area contributed by atoms with E-state index >= 15 is 0 Å². The van der Waals surface area contributed by atoms with Crippen molar-refractivity contribution in [2.24, 2.45) is 4.99 Å². The van der Waals surface area contributed by atoms with E-state index in [9.17, 15) is 0 Å². The van der Waals surface area contributed by atoms with Crippen LogP contribution in [0.25, 0.3) is 0 Å². The van der Waals surface area contributed by atoms with E-state index in [1.807, 2.05) is 0 Å². The fourth-order valence-corrected chi connectivity index (χ4v) is 2.28. The molecule has 110 valence electrons. The molecule has 0 spiro atoms. The topological polar surface area (TPSA) is 45.7 Å². The summed E-state index contributed by atoms with van der Waals surface area (Å²) in [4.78, 5) is 5.97. The third-order valence-electron chi connectivity index (χ3n) is 2.50. The molecule has 0 saturated carbocycles. The maximum Gasteiger partial charge on any atom is 0.191 e. The van der Waals surface area contributed by atoms with Gasteiger partial charge < -0.3 is 15.4 Å². The van der Waals surface area contributed by atoms with Crippen molar-refractivity contribution in [3.63, 3.8) is 0 Å². The lowest BCUT2D eigenvalue weighted by atomic mass is 10.1. The molecule has 2 N–H and O–H groups in total. The summed E-state index contributed by atoms with van der Waals surface area (Å²) in [6, 6.07) is 4.25. The molecule has 1 unspecified atom stereocenters. The molecular formula is C13H24IN3OS. The van der Waals surface area contributed by atoms with Crippen molar-refractivity contribution < 1.29 is 4.74 Å². The molecule has 0 radical (unpaired) electrons. The van der Waals surface area contributed by atoms with Crippen molar-refractivity contribution in [1.29, 1.82) is 0 Å². The van der Waals surface area contributed by atoms with E-state index in [4.69, 9.17) is 4.74 Å². The Kier molecular flexibility index (Phi) is 11.3. The lowest BCUT2D eigenvalue weighted by molar-refractivity contribution is 0.203. The number of nitrogens with zero attached hydrogens (tertiary/aromatic N) is 1. The summed E-state index contributed by atoms with van der Waals surface area (Å²) in [6.45, 7) is 7.39. The third-order valence-corrected chi connectivity index (χ3v) is 3.60. The number of hydrogen-bond donors (Lipinski definition) is 2. The van der Waals surface area contributed by atoms with Crippen molar-refractivity contribution in [3.8, 4) is 0 Å². The molecule has 1 heterocycles. The monoisotopic (exact) mass is 397 g/mol. The molecular weight excluding hydrogens is 373 g/mol. The molecule has 0 amide bonds. The van der Waals surface area contributed by atoms with E-state index in [-0.39, 0.29) is 24.0 Å². The first-order chi connectivity index (χ1) is 8.77. The van der Waals surface area contributed by atoms with Crippen LogP contribution in [0.3, 0.4) is 0 Å². The highest BCUT2D eigenvalue weighted by Crippen LogP contribution is 2.20. The van der Waals surface area contributed by atoms with Crippen LogP contribution in [0, 0.1) is 0 Å². The number of thiophene rings is 1. The van der Waals surface area contributed by atoms with Crippen LogP contribution >= 0.6 is 35.3 Å². The second-order valence-corrected chi connectivity index (χ2v) is 5.03. The van der Waals surface area contributed by atoms with Gasteiger partial charge in [0.2, 0.25) is 0 Å². The highest BCUT2D eigenvalue weighted by Gasteiger charge is 2.06. The smallest absolute Gasteiger partial charge is 0.191 e. The van der Waals surface area contributed by atoms with Gasteiger partial charge in [-0.25, -0.2) is 0 Å². The Hall–Kier alpha value is -0.340. The molecule has 1 atom stereocenters. The van der Waals surface area contributed by atoms with Crippen molar-refractivity contribution in [2.75, 3.05) is 33.4 Å². The van der Waals surface area contributed by atoms with E-state index in [2.05, 4.69) is 47.0 Å². The van der Waals surface area contributed by atoms with E-state index in [0.29, 0.717) is 12.5 Å². The molecule has 1 aromatic rings. The largest absolute Gasteiger partial charge is 0.383 e. The fourth-order valence-electron chi connectivity index (χ4n) is 1.50. The predicted molar refractivity (Wildman–Crippen MR) is 94.0 cm³/mol. The first-order valence-electron chi connectivity index (χ1n) is 6.32. The quantitative estimate of drug-likeness (QED) is 0.322. The lowest BCUT2D eigenvalue weighted by Gasteiger charge is -2.12. The van der Waals surface area contributed by atoms with E-state index < -0.39 is 0 Å². The number of methoxy groups -OCH3 is 1. The summed E-state index contributed by atoms with van der Waals surface area (Å²) in [5.74, 6) is 1.32. The SMILES string of the molecule is CCNC(=NCC(C)c1cccs1)NCCOC.I. The minimum absolute atomic E-state index is 0. The second kappa shape index (κ2) is 11.5. The Labute approximate surface area is 137 Å². The summed E-state index contributed by atoms with van der Waals surface area (Å²) >= 11 is 1.79. The van der Waals surface area contributed by atoms with Gasteiger partial charge in [0, 0.05) is 31.0 Å². The first-order valence-corrected chi connectivity index (χ1v) is 7.20.